The quantitative estimate of drug-likeness (QED) is 0.631. The molecule has 0 bridgehead atoms. The summed E-state index contributed by atoms with van der Waals surface area (Å²) < 4.78 is 2.90. The molecule has 0 nitrogen and oxygen atoms in total. The van der Waals surface area contributed by atoms with E-state index in [9.17, 15) is 0 Å². The minimum atomic E-state index is 0.738. The Morgan fingerprint density at radius 2 is 1.40 bits per heavy atom. The van der Waals surface area contributed by atoms with Crippen LogP contribution in [0.15, 0.2) is 25.6 Å². The maximum Gasteiger partial charge on any atom is 0.0459 e. The first-order chi connectivity index (χ1) is 4.61. The van der Waals surface area contributed by atoms with Gasteiger partial charge in [0.15, 0.2) is 0 Å². The van der Waals surface area contributed by atoms with E-state index in [2.05, 4.69) is 47.8 Å². The number of benzene rings is 1. The summed E-state index contributed by atoms with van der Waals surface area (Å²) in [5.74, 6) is 0. The molecule has 0 aliphatic carbocycles. The topological polar surface area (TPSA) is 0 Å². The third kappa shape index (κ3) is 1.83. The highest BCUT2D eigenvalue weighted by Gasteiger charge is 2.00. The van der Waals surface area contributed by atoms with Gasteiger partial charge in [-0.2, -0.15) is 0 Å². The summed E-state index contributed by atoms with van der Waals surface area (Å²) in [7, 11) is 0. The van der Waals surface area contributed by atoms with Gasteiger partial charge in [-0.15, -0.1) is 0 Å². The van der Waals surface area contributed by atoms with Crippen LogP contribution in [0.1, 0.15) is 5.56 Å². The molecule has 0 heterocycles. The van der Waals surface area contributed by atoms with Gasteiger partial charge >= 0.3 is 0 Å². The van der Waals surface area contributed by atoms with Crippen LogP contribution < -0.4 is 0 Å². The van der Waals surface area contributed by atoms with Crippen molar-refractivity contribution in [1.29, 1.82) is 0 Å². The van der Waals surface area contributed by atoms with Crippen molar-refractivity contribution in [3.8, 4) is 0 Å². The minimum absolute atomic E-state index is 0.738. The van der Waals surface area contributed by atoms with Gasteiger partial charge in [0.25, 0.3) is 0 Å². The van der Waals surface area contributed by atoms with E-state index in [0.717, 1.165) is 19.0 Å². The Labute approximate surface area is 85.4 Å². The van der Waals surface area contributed by atoms with E-state index in [1.807, 2.05) is 12.1 Å². The van der Waals surface area contributed by atoms with Crippen molar-refractivity contribution in [2.45, 2.75) is 0 Å². The van der Waals surface area contributed by atoms with Crippen LogP contribution in [0.3, 0.4) is 0 Å². The summed E-state index contributed by atoms with van der Waals surface area (Å²) in [5, 5.41) is 0. The minimum Gasteiger partial charge on any atom is -0.0496 e. The monoisotopic (exact) mass is 324 g/mol. The fraction of sp³-hybridized carbons (Fsp3) is 0. The van der Waals surface area contributed by atoms with E-state index >= 15 is 0 Å². The third-order valence-corrected chi connectivity index (χ3v) is 4.18. The fourth-order valence-corrected chi connectivity index (χ4v) is 2.03. The van der Waals surface area contributed by atoms with Crippen LogP contribution in [0.4, 0.5) is 0 Å². The van der Waals surface area contributed by atoms with Gasteiger partial charge in [-0.3, -0.25) is 0 Å². The molecule has 0 fully saturated rings. The average molecular weight is 327 g/mol. The zero-order valence-corrected chi connectivity index (χ0v) is 9.62. The Kier molecular flexibility index (Phi) is 2.95. The van der Waals surface area contributed by atoms with Crippen molar-refractivity contribution in [3.63, 3.8) is 0 Å². The molecule has 0 aromatic heterocycles. The van der Waals surface area contributed by atoms with E-state index in [0.29, 0.717) is 0 Å². The van der Waals surface area contributed by atoms with E-state index in [1.54, 1.807) is 0 Å². The molecule has 0 saturated heterocycles. The number of hydrogen-bond donors (Lipinski definition) is 0. The maximum absolute atomic E-state index is 5.55. The van der Waals surface area contributed by atoms with Gasteiger partial charge < -0.3 is 0 Å². The standard InChI is InChI=1S/C7H3Br3/c1-4-2-5(8)7(10)6(9)3-4/h1-3H. The Morgan fingerprint density at radius 3 is 1.80 bits per heavy atom. The van der Waals surface area contributed by atoms with Crippen molar-refractivity contribution >= 4 is 47.8 Å². The Balaban J connectivity index is 3.31. The Hall–Kier alpha value is 0.660. The van der Waals surface area contributed by atoms with E-state index in [1.165, 1.54) is 0 Å². The maximum atomic E-state index is 5.55. The Bertz CT molecular complexity index is 232. The van der Waals surface area contributed by atoms with Crippen LogP contribution in [0.5, 0.6) is 0 Å². The molecule has 0 aliphatic heterocycles. The summed E-state index contributed by atoms with van der Waals surface area (Å²) in [6.07, 6.45) is 0. The lowest BCUT2D eigenvalue weighted by molar-refractivity contribution is 1.49. The van der Waals surface area contributed by atoms with Crippen molar-refractivity contribution in [2.24, 2.45) is 0 Å². The lowest BCUT2D eigenvalue weighted by atomic mass is 10.2. The van der Waals surface area contributed by atoms with Crippen LogP contribution in [-0.4, -0.2) is 0 Å². The molecular weight excluding hydrogens is 324 g/mol. The van der Waals surface area contributed by atoms with Crippen LogP contribution in [-0.2, 0) is 0 Å². The zero-order chi connectivity index (χ0) is 7.72. The van der Waals surface area contributed by atoms with Crippen molar-refractivity contribution in [1.82, 2.24) is 0 Å². The van der Waals surface area contributed by atoms with Gasteiger partial charge in [-0.1, -0.05) is 0 Å². The predicted octanol–water partition coefficient (Wildman–Crippen LogP) is 4.03. The van der Waals surface area contributed by atoms with Gasteiger partial charge in [-0.05, 0) is 72.4 Å². The molecule has 0 saturated carbocycles. The highest BCUT2D eigenvalue weighted by atomic mass is 79.9. The Morgan fingerprint density at radius 1 is 1.00 bits per heavy atom. The molecule has 1 aromatic carbocycles. The second-order valence-electron chi connectivity index (χ2n) is 1.80. The molecule has 0 aliphatic rings. The highest BCUT2D eigenvalue weighted by Crippen LogP contribution is 2.31. The van der Waals surface area contributed by atoms with Crippen LogP contribution in [0.25, 0.3) is 0 Å². The molecule has 0 N–H and O–H groups in total. The molecule has 52 valence electrons. The van der Waals surface area contributed by atoms with Gasteiger partial charge in [0, 0.05) is 13.4 Å². The van der Waals surface area contributed by atoms with Crippen LogP contribution in [0, 0.1) is 6.92 Å². The van der Waals surface area contributed by atoms with Gasteiger partial charge in [0.1, 0.15) is 0 Å². The molecular formula is C7H3Br3. The molecule has 10 heavy (non-hydrogen) atoms. The summed E-state index contributed by atoms with van der Waals surface area (Å²) in [4.78, 5) is 0. The van der Waals surface area contributed by atoms with Crippen molar-refractivity contribution in [2.75, 3.05) is 0 Å². The van der Waals surface area contributed by atoms with Gasteiger partial charge in [-0.25, -0.2) is 0 Å². The number of halogens is 3. The molecule has 0 unspecified atom stereocenters. The normalized spacial score (nSPS) is 10.0. The lowest BCUT2D eigenvalue weighted by Gasteiger charge is -1.99. The molecule has 3 heteroatoms. The SMILES string of the molecule is [CH]c1cc(Br)c(Br)c(Br)c1. The number of hydrogen-bond acceptors (Lipinski definition) is 0. The largest absolute Gasteiger partial charge is 0.0496 e. The highest BCUT2D eigenvalue weighted by molar-refractivity contribution is 9.14. The first kappa shape index (κ1) is 8.75. The zero-order valence-electron chi connectivity index (χ0n) is 4.87. The molecule has 0 atom stereocenters. The summed E-state index contributed by atoms with van der Waals surface area (Å²) in [6, 6.07) is 3.68. The second-order valence-corrected chi connectivity index (χ2v) is 4.30. The van der Waals surface area contributed by atoms with E-state index in [-0.39, 0.29) is 0 Å². The molecule has 2 radical (unpaired) electrons. The van der Waals surface area contributed by atoms with E-state index < -0.39 is 0 Å². The molecule has 1 aromatic rings. The van der Waals surface area contributed by atoms with Gasteiger partial charge in [0.2, 0.25) is 0 Å². The van der Waals surface area contributed by atoms with Crippen molar-refractivity contribution < 1.29 is 0 Å². The van der Waals surface area contributed by atoms with Crippen molar-refractivity contribution in [3.05, 3.63) is 38.0 Å². The van der Waals surface area contributed by atoms with Gasteiger partial charge in [0.05, 0.1) is 0 Å². The summed E-state index contributed by atoms with van der Waals surface area (Å²) in [6.45, 7) is 5.55. The average Bonchev–Trinajstić information content (AvgIpc) is 1.82. The predicted molar refractivity (Wildman–Crippen MR) is 52.9 cm³/mol. The molecule has 0 amide bonds. The molecule has 1 rings (SSSR count). The smallest absolute Gasteiger partial charge is 0.0459 e. The third-order valence-electron chi connectivity index (χ3n) is 1.01. The molecule has 0 spiro atoms. The lowest BCUT2D eigenvalue weighted by Crippen LogP contribution is -1.75. The first-order valence-corrected chi connectivity index (χ1v) is 4.89. The number of rotatable bonds is 0. The van der Waals surface area contributed by atoms with Crippen LogP contribution >= 0.6 is 47.8 Å². The second kappa shape index (κ2) is 3.37. The van der Waals surface area contributed by atoms with E-state index in [4.69, 9.17) is 6.92 Å². The first-order valence-electron chi connectivity index (χ1n) is 2.51. The summed E-state index contributed by atoms with van der Waals surface area (Å²) in [5.41, 5.74) is 0.738. The van der Waals surface area contributed by atoms with Crippen LogP contribution in [0.2, 0.25) is 0 Å². The summed E-state index contributed by atoms with van der Waals surface area (Å²) >= 11 is 10.0. The fourth-order valence-electron chi connectivity index (χ4n) is 0.575.